The number of hydrogen-bond donors (Lipinski definition) is 2. The number of halogens is 1. The summed E-state index contributed by atoms with van der Waals surface area (Å²) >= 11 is 7.32. The Bertz CT molecular complexity index is 354. The number of carbonyl (C=O) groups excluding carboxylic acids is 1. The van der Waals surface area contributed by atoms with E-state index in [9.17, 15) is 4.79 Å². The van der Waals surface area contributed by atoms with Crippen molar-refractivity contribution in [3.8, 4) is 0 Å². The van der Waals surface area contributed by atoms with Gasteiger partial charge in [-0.1, -0.05) is 18.5 Å². The van der Waals surface area contributed by atoms with E-state index in [1.807, 2.05) is 32.9 Å². The van der Waals surface area contributed by atoms with Gasteiger partial charge < -0.3 is 10.6 Å². The molecule has 0 radical (unpaired) electrons. The molecule has 0 unspecified atom stereocenters. The van der Waals surface area contributed by atoms with Crippen molar-refractivity contribution in [3.05, 3.63) is 21.3 Å². The van der Waals surface area contributed by atoms with Crippen LogP contribution in [0, 0.1) is 0 Å². The van der Waals surface area contributed by atoms with Gasteiger partial charge in [-0.15, -0.1) is 11.3 Å². The first-order chi connectivity index (χ1) is 7.52. The molecule has 0 bridgehead atoms. The largest absolute Gasteiger partial charge is 0.336 e. The second-order valence-electron chi connectivity index (χ2n) is 3.79. The van der Waals surface area contributed by atoms with E-state index in [2.05, 4.69) is 10.6 Å². The third-order valence-corrected chi connectivity index (χ3v) is 3.77. The van der Waals surface area contributed by atoms with Crippen molar-refractivity contribution in [1.29, 1.82) is 0 Å². The van der Waals surface area contributed by atoms with Gasteiger partial charge in [0.2, 0.25) is 0 Å². The van der Waals surface area contributed by atoms with Gasteiger partial charge in [0.05, 0.1) is 10.4 Å². The number of urea groups is 1. The average Bonchev–Trinajstić information content (AvgIpc) is 2.64. The average molecular weight is 261 g/mol. The van der Waals surface area contributed by atoms with Crippen LogP contribution in [0.25, 0.3) is 0 Å². The summed E-state index contributed by atoms with van der Waals surface area (Å²) in [5, 5.41) is 5.74. The highest BCUT2D eigenvalue weighted by molar-refractivity contribution is 7.16. The van der Waals surface area contributed by atoms with Gasteiger partial charge >= 0.3 is 6.03 Å². The molecule has 0 saturated heterocycles. The van der Waals surface area contributed by atoms with Crippen LogP contribution in [-0.4, -0.2) is 12.1 Å². The highest BCUT2D eigenvalue weighted by Gasteiger charge is 2.12. The van der Waals surface area contributed by atoms with Crippen molar-refractivity contribution in [2.75, 3.05) is 0 Å². The Morgan fingerprint density at radius 3 is 2.62 bits per heavy atom. The molecule has 1 rings (SSSR count). The molecule has 1 heterocycles. The molecule has 90 valence electrons. The minimum Gasteiger partial charge on any atom is -0.336 e. The van der Waals surface area contributed by atoms with Gasteiger partial charge in [0.25, 0.3) is 0 Å². The maximum Gasteiger partial charge on any atom is 0.315 e. The van der Waals surface area contributed by atoms with Crippen molar-refractivity contribution in [2.24, 2.45) is 0 Å². The topological polar surface area (TPSA) is 41.1 Å². The summed E-state index contributed by atoms with van der Waals surface area (Å²) in [7, 11) is 0. The lowest BCUT2D eigenvalue weighted by Gasteiger charge is -2.16. The molecule has 3 nitrogen and oxygen atoms in total. The van der Waals surface area contributed by atoms with E-state index in [0.717, 1.165) is 15.6 Å². The van der Waals surface area contributed by atoms with E-state index in [4.69, 9.17) is 11.6 Å². The van der Waals surface area contributed by atoms with Gasteiger partial charge in [0.15, 0.2) is 0 Å². The van der Waals surface area contributed by atoms with E-state index >= 15 is 0 Å². The number of amides is 2. The Kier molecular flexibility index (Phi) is 5.09. The number of thiophene rings is 1. The van der Waals surface area contributed by atoms with Crippen molar-refractivity contribution < 1.29 is 4.79 Å². The fourth-order valence-corrected chi connectivity index (χ4v) is 2.26. The predicted octanol–water partition coefficient (Wildman–Crippen LogP) is 3.56. The predicted molar refractivity (Wildman–Crippen MR) is 69.2 cm³/mol. The normalized spacial score (nSPS) is 14.2. The van der Waals surface area contributed by atoms with Crippen LogP contribution in [0.2, 0.25) is 4.34 Å². The van der Waals surface area contributed by atoms with Crippen LogP contribution >= 0.6 is 22.9 Å². The smallest absolute Gasteiger partial charge is 0.315 e. The molecule has 0 fully saturated rings. The summed E-state index contributed by atoms with van der Waals surface area (Å²) in [6, 6.07) is 3.82. The SMILES string of the molecule is CC[C@@H](C)NC(=O)N[C@@H](C)c1ccc(Cl)s1. The van der Waals surface area contributed by atoms with Gasteiger partial charge in [-0.2, -0.15) is 0 Å². The number of hydrogen-bond acceptors (Lipinski definition) is 2. The molecule has 0 aliphatic rings. The van der Waals surface area contributed by atoms with Crippen molar-refractivity contribution >= 4 is 29.0 Å². The van der Waals surface area contributed by atoms with Crippen LogP contribution < -0.4 is 10.6 Å². The van der Waals surface area contributed by atoms with E-state index in [1.165, 1.54) is 11.3 Å². The molecule has 2 amide bonds. The Morgan fingerprint density at radius 2 is 2.12 bits per heavy atom. The van der Waals surface area contributed by atoms with Gasteiger partial charge in [-0.3, -0.25) is 0 Å². The number of rotatable bonds is 4. The molecule has 0 aliphatic carbocycles. The molecular formula is C11H17ClN2OS. The molecule has 0 aliphatic heterocycles. The third kappa shape index (κ3) is 4.02. The second kappa shape index (κ2) is 6.11. The summed E-state index contributed by atoms with van der Waals surface area (Å²) in [5.41, 5.74) is 0. The lowest BCUT2D eigenvalue weighted by molar-refractivity contribution is 0.234. The monoisotopic (exact) mass is 260 g/mol. The minimum atomic E-state index is -0.133. The van der Waals surface area contributed by atoms with Crippen LogP contribution in [0.5, 0.6) is 0 Å². The van der Waals surface area contributed by atoms with E-state index in [-0.39, 0.29) is 18.1 Å². The highest BCUT2D eigenvalue weighted by Crippen LogP contribution is 2.26. The Balaban J connectivity index is 2.45. The maximum absolute atomic E-state index is 11.6. The quantitative estimate of drug-likeness (QED) is 0.854. The van der Waals surface area contributed by atoms with Crippen LogP contribution in [0.4, 0.5) is 4.79 Å². The third-order valence-electron chi connectivity index (χ3n) is 2.36. The first-order valence-electron chi connectivity index (χ1n) is 5.35. The zero-order chi connectivity index (χ0) is 12.1. The van der Waals surface area contributed by atoms with Crippen LogP contribution in [0.3, 0.4) is 0 Å². The van der Waals surface area contributed by atoms with Crippen molar-refractivity contribution in [2.45, 2.75) is 39.3 Å². The molecule has 2 N–H and O–H groups in total. The molecule has 0 saturated carbocycles. The molecular weight excluding hydrogens is 244 g/mol. The second-order valence-corrected chi connectivity index (χ2v) is 5.54. The van der Waals surface area contributed by atoms with Crippen molar-refractivity contribution in [3.63, 3.8) is 0 Å². The van der Waals surface area contributed by atoms with E-state index in [1.54, 1.807) is 0 Å². The van der Waals surface area contributed by atoms with Gasteiger partial charge in [-0.25, -0.2) is 4.79 Å². The lowest BCUT2D eigenvalue weighted by Crippen LogP contribution is -2.41. The summed E-state index contributed by atoms with van der Waals surface area (Å²) in [4.78, 5) is 12.6. The Labute approximate surface area is 105 Å². The first kappa shape index (κ1) is 13.3. The summed E-state index contributed by atoms with van der Waals surface area (Å²) < 4.78 is 0.742. The molecule has 2 atom stereocenters. The van der Waals surface area contributed by atoms with Crippen LogP contribution in [-0.2, 0) is 0 Å². The highest BCUT2D eigenvalue weighted by atomic mass is 35.5. The van der Waals surface area contributed by atoms with Crippen molar-refractivity contribution in [1.82, 2.24) is 10.6 Å². The van der Waals surface area contributed by atoms with Gasteiger partial charge in [-0.05, 0) is 32.4 Å². The van der Waals surface area contributed by atoms with E-state index in [0.29, 0.717) is 0 Å². The molecule has 1 aromatic heterocycles. The standard InChI is InChI=1S/C11H17ClN2OS/c1-4-7(2)13-11(15)14-8(3)9-5-6-10(12)16-9/h5-8H,4H2,1-3H3,(H2,13,14,15)/t7-,8+/m1/s1. The fraction of sp³-hybridized carbons (Fsp3) is 0.545. The molecule has 5 heteroatoms. The maximum atomic E-state index is 11.6. The molecule has 0 spiro atoms. The molecule has 16 heavy (non-hydrogen) atoms. The first-order valence-corrected chi connectivity index (χ1v) is 6.54. The Morgan fingerprint density at radius 1 is 1.44 bits per heavy atom. The Hall–Kier alpha value is -0.740. The zero-order valence-electron chi connectivity index (χ0n) is 9.71. The molecule has 1 aromatic rings. The minimum absolute atomic E-state index is 0.0124. The van der Waals surface area contributed by atoms with Crippen LogP contribution in [0.1, 0.15) is 38.1 Å². The van der Waals surface area contributed by atoms with Gasteiger partial charge in [0.1, 0.15) is 0 Å². The summed E-state index contributed by atoms with van der Waals surface area (Å²) in [6.07, 6.45) is 0.923. The molecule has 0 aromatic carbocycles. The van der Waals surface area contributed by atoms with Gasteiger partial charge in [0, 0.05) is 10.9 Å². The summed E-state index contributed by atoms with van der Waals surface area (Å²) in [5.74, 6) is 0. The van der Waals surface area contributed by atoms with Crippen LogP contribution in [0.15, 0.2) is 12.1 Å². The summed E-state index contributed by atoms with van der Waals surface area (Å²) in [6.45, 7) is 5.96. The van der Waals surface area contributed by atoms with E-state index < -0.39 is 0 Å². The lowest BCUT2D eigenvalue weighted by atomic mass is 10.2. The fourth-order valence-electron chi connectivity index (χ4n) is 1.20. The number of carbonyl (C=O) groups is 1. The number of nitrogens with one attached hydrogen (secondary N) is 2. The zero-order valence-corrected chi connectivity index (χ0v) is 11.3.